The van der Waals surface area contributed by atoms with Gasteiger partial charge in [-0.25, -0.2) is 4.98 Å². The van der Waals surface area contributed by atoms with Crippen LogP contribution in [0.2, 0.25) is 0 Å². The first kappa shape index (κ1) is 11.3. The molecule has 0 amide bonds. The standard InChI is InChI=1S/C12H22N2/c1-10(2)11-8-14(9-13-11)7-6-12(3,4)5/h8-10H,6-7H2,1-5H3. The van der Waals surface area contributed by atoms with E-state index < -0.39 is 0 Å². The first-order valence-electron chi connectivity index (χ1n) is 5.40. The Hall–Kier alpha value is -0.790. The van der Waals surface area contributed by atoms with E-state index in [1.54, 1.807) is 0 Å². The quantitative estimate of drug-likeness (QED) is 0.720. The average Bonchev–Trinajstić information content (AvgIpc) is 2.47. The lowest BCUT2D eigenvalue weighted by atomic mass is 9.92. The Balaban J connectivity index is 2.52. The van der Waals surface area contributed by atoms with Crippen molar-refractivity contribution in [2.75, 3.05) is 0 Å². The van der Waals surface area contributed by atoms with Gasteiger partial charge < -0.3 is 4.57 Å². The van der Waals surface area contributed by atoms with E-state index in [-0.39, 0.29) is 0 Å². The van der Waals surface area contributed by atoms with E-state index in [0.29, 0.717) is 11.3 Å². The van der Waals surface area contributed by atoms with Gasteiger partial charge >= 0.3 is 0 Å². The normalized spacial score (nSPS) is 12.4. The van der Waals surface area contributed by atoms with Crippen LogP contribution in [0.15, 0.2) is 12.5 Å². The molecule has 0 bridgehead atoms. The lowest BCUT2D eigenvalue weighted by molar-refractivity contribution is 0.350. The molecule has 14 heavy (non-hydrogen) atoms. The van der Waals surface area contributed by atoms with Crippen LogP contribution in [0.25, 0.3) is 0 Å². The van der Waals surface area contributed by atoms with Crippen LogP contribution in [0.3, 0.4) is 0 Å². The Morgan fingerprint density at radius 1 is 1.36 bits per heavy atom. The van der Waals surface area contributed by atoms with Crippen LogP contribution >= 0.6 is 0 Å². The second-order valence-electron chi connectivity index (χ2n) is 5.50. The fraction of sp³-hybridized carbons (Fsp3) is 0.750. The Morgan fingerprint density at radius 3 is 2.43 bits per heavy atom. The summed E-state index contributed by atoms with van der Waals surface area (Å²) in [6, 6.07) is 0. The molecule has 0 N–H and O–H groups in total. The second-order valence-corrected chi connectivity index (χ2v) is 5.50. The summed E-state index contributed by atoms with van der Waals surface area (Å²) in [6.07, 6.45) is 5.30. The highest BCUT2D eigenvalue weighted by atomic mass is 15.0. The zero-order valence-corrected chi connectivity index (χ0v) is 10.0. The summed E-state index contributed by atoms with van der Waals surface area (Å²) in [5, 5.41) is 0. The van der Waals surface area contributed by atoms with E-state index in [4.69, 9.17) is 0 Å². The lowest BCUT2D eigenvalue weighted by Crippen LogP contribution is -2.09. The molecule has 80 valence electrons. The molecule has 1 heterocycles. The van der Waals surface area contributed by atoms with E-state index >= 15 is 0 Å². The first-order valence-corrected chi connectivity index (χ1v) is 5.40. The first-order chi connectivity index (χ1) is 6.38. The third kappa shape index (κ3) is 3.52. The smallest absolute Gasteiger partial charge is 0.0949 e. The molecule has 1 aromatic heterocycles. The number of imidazole rings is 1. The van der Waals surface area contributed by atoms with Gasteiger partial charge in [-0.2, -0.15) is 0 Å². The van der Waals surface area contributed by atoms with Gasteiger partial charge in [0.2, 0.25) is 0 Å². The summed E-state index contributed by atoms with van der Waals surface area (Å²) in [5.41, 5.74) is 1.60. The van der Waals surface area contributed by atoms with Crippen LogP contribution in [0, 0.1) is 5.41 Å². The highest BCUT2D eigenvalue weighted by Gasteiger charge is 2.10. The van der Waals surface area contributed by atoms with Crippen molar-refractivity contribution in [1.82, 2.24) is 9.55 Å². The summed E-state index contributed by atoms with van der Waals surface area (Å²) in [7, 11) is 0. The van der Waals surface area contributed by atoms with Crippen molar-refractivity contribution in [1.29, 1.82) is 0 Å². The predicted octanol–water partition coefficient (Wildman–Crippen LogP) is 3.44. The van der Waals surface area contributed by atoms with Crippen molar-refractivity contribution >= 4 is 0 Å². The third-order valence-electron chi connectivity index (χ3n) is 2.36. The fourth-order valence-electron chi connectivity index (χ4n) is 1.26. The highest BCUT2D eigenvalue weighted by Crippen LogP contribution is 2.20. The zero-order chi connectivity index (χ0) is 10.8. The van der Waals surface area contributed by atoms with Crippen LogP contribution in [-0.2, 0) is 6.54 Å². The summed E-state index contributed by atoms with van der Waals surface area (Å²) in [4.78, 5) is 4.38. The van der Waals surface area contributed by atoms with Crippen LogP contribution in [0.4, 0.5) is 0 Å². The van der Waals surface area contributed by atoms with Gasteiger partial charge in [0.1, 0.15) is 0 Å². The maximum Gasteiger partial charge on any atom is 0.0949 e. The molecule has 2 heteroatoms. The van der Waals surface area contributed by atoms with Gasteiger partial charge in [-0.15, -0.1) is 0 Å². The SMILES string of the molecule is CC(C)c1cn(CCC(C)(C)C)cn1. The minimum Gasteiger partial charge on any atom is -0.337 e. The van der Waals surface area contributed by atoms with E-state index in [9.17, 15) is 0 Å². The Kier molecular flexibility index (Phi) is 3.35. The van der Waals surface area contributed by atoms with Crippen molar-refractivity contribution < 1.29 is 0 Å². The topological polar surface area (TPSA) is 17.8 Å². The Bertz CT molecular complexity index is 279. The van der Waals surface area contributed by atoms with E-state index in [1.165, 1.54) is 12.1 Å². The average molecular weight is 194 g/mol. The number of rotatable bonds is 3. The molecule has 0 radical (unpaired) electrons. The second kappa shape index (κ2) is 4.16. The predicted molar refractivity (Wildman–Crippen MR) is 60.4 cm³/mol. The molecule has 0 spiro atoms. The molecule has 0 aliphatic carbocycles. The van der Waals surface area contributed by atoms with Gasteiger partial charge in [0.15, 0.2) is 0 Å². The van der Waals surface area contributed by atoms with Crippen LogP contribution < -0.4 is 0 Å². The maximum atomic E-state index is 4.38. The monoisotopic (exact) mass is 194 g/mol. The molecule has 0 unspecified atom stereocenters. The maximum absolute atomic E-state index is 4.38. The minimum absolute atomic E-state index is 0.405. The summed E-state index contributed by atoms with van der Waals surface area (Å²) in [6.45, 7) is 12.2. The Labute approximate surface area is 87.4 Å². The number of hydrogen-bond acceptors (Lipinski definition) is 1. The van der Waals surface area contributed by atoms with Gasteiger partial charge in [-0.3, -0.25) is 0 Å². The van der Waals surface area contributed by atoms with Crippen LogP contribution in [0.1, 0.15) is 52.7 Å². The molecule has 0 atom stereocenters. The fourth-order valence-corrected chi connectivity index (χ4v) is 1.26. The van der Waals surface area contributed by atoms with Crippen molar-refractivity contribution in [2.45, 2.75) is 53.5 Å². The van der Waals surface area contributed by atoms with Crippen molar-refractivity contribution in [3.63, 3.8) is 0 Å². The zero-order valence-electron chi connectivity index (χ0n) is 10.0. The number of nitrogens with zero attached hydrogens (tertiary/aromatic N) is 2. The molecule has 1 aromatic rings. The van der Waals surface area contributed by atoms with Crippen LogP contribution in [-0.4, -0.2) is 9.55 Å². The van der Waals surface area contributed by atoms with E-state index in [2.05, 4.69) is 50.4 Å². The molecule has 0 fully saturated rings. The molecular weight excluding hydrogens is 172 g/mol. The number of hydrogen-bond donors (Lipinski definition) is 0. The molecule has 0 aliphatic rings. The van der Waals surface area contributed by atoms with Crippen molar-refractivity contribution in [3.8, 4) is 0 Å². The molecular formula is C12H22N2. The van der Waals surface area contributed by atoms with E-state index in [1.807, 2.05) is 6.33 Å². The molecule has 1 rings (SSSR count). The third-order valence-corrected chi connectivity index (χ3v) is 2.36. The molecule has 0 saturated heterocycles. The summed E-state index contributed by atoms with van der Waals surface area (Å²) < 4.78 is 2.20. The van der Waals surface area contributed by atoms with E-state index in [0.717, 1.165) is 6.54 Å². The van der Waals surface area contributed by atoms with Crippen molar-refractivity contribution in [3.05, 3.63) is 18.2 Å². The molecule has 0 aromatic carbocycles. The van der Waals surface area contributed by atoms with Gasteiger partial charge in [-0.05, 0) is 17.8 Å². The molecule has 0 aliphatic heterocycles. The van der Waals surface area contributed by atoms with Crippen LogP contribution in [0.5, 0.6) is 0 Å². The Morgan fingerprint density at radius 2 is 2.00 bits per heavy atom. The van der Waals surface area contributed by atoms with Gasteiger partial charge in [0, 0.05) is 12.7 Å². The van der Waals surface area contributed by atoms with Crippen molar-refractivity contribution in [2.24, 2.45) is 5.41 Å². The summed E-state index contributed by atoms with van der Waals surface area (Å²) in [5.74, 6) is 0.533. The minimum atomic E-state index is 0.405. The van der Waals surface area contributed by atoms with Gasteiger partial charge in [-0.1, -0.05) is 34.6 Å². The molecule has 0 saturated carbocycles. The van der Waals surface area contributed by atoms with Gasteiger partial charge in [0.25, 0.3) is 0 Å². The number of aryl methyl sites for hydroxylation is 1. The highest BCUT2D eigenvalue weighted by molar-refractivity contribution is 5.01. The summed E-state index contributed by atoms with van der Waals surface area (Å²) >= 11 is 0. The molecule has 2 nitrogen and oxygen atoms in total. The number of aromatic nitrogens is 2. The lowest BCUT2D eigenvalue weighted by Gasteiger charge is -2.17. The largest absolute Gasteiger partial charge is 0.337 e. The van der Waals surface area contributed by atoms with Gasteiger partial charge in [0.05, 0.1) is 12.0 Å².